The van der Waals surface area contributed by atoms with E-state index < -0.39 is 0 Å². The average molecular weight is 1200 g/mol. The molecule has 17 aromatic carbocycles. The number of para-hydroxylation sites is 4. The average Bonchev–Trinajstić information content (AvgIpc) is 1.12. The standard InChI is InChI=1S/C90H58N4/c1-3-82-91-78-27-11-13-29-80(78)93(82)62-41-35-55(36-42-62)86-67-21-7-8-22-68(67)88(61-49-59-33-31-53-17-15-18-54-32-34-60(50-61)85(59)84(53)54)74-45-39-57(51-76(74)86)58-40-46-75-77(52-58)87(56-37-43-63(44-38-56)94-81-30-14-12-28-79(81)92-83(94)4-2)69-23-9-10-24-70(69)90(75)73-48-47-72-65-20-6-5-19-64(65)66-25-16-26-71(73)89(66)72/h5-52H,3-4H2,1-2H3. The van der Waals surface area contributed by atoms with Gasteiger partial charge in [-0.05, 0) is 237 Å². The van der Waals surface area contributed by atoms with Crippen molar-refractivity contribution in [2.75, 3.05) is 0 Å². The minimum atomic E-state index is 0.823. The molecule has 0 fully saturated rings. The number of benzene rings is 17. The first-order valence-corrected chi connectivity index (χ1v) is 33.0. The summed E-state index contributed by atoms with van der Waals surface area (Å²) >= 11 is 0. The summed E-state index contributed by atoms with van der Waals surface area (Å²) in [6.45, 7) is 4.39. The summed E-state index contributed by atoms with van der Waals surface area (Å²) in [7, 11) is 0. The van der Waals surface area contributed by atoms with Gasteiger partial charge in [0.15, 0.2) is 0 Å². The summed E-state index contributed by atoms with van der Waals surface area (Å²) < 4.78 is 4.66. The van der Waals surface area contributed by atoms with E-state index in [0.717, 1.165) is 80.2 Å². The lowest BCUT2D eigenvalue weighted by Gasteiger charge is -2.21. The molecule has 438 valence electrons. The Bertz CT molecular complexity index is 6330. The van der Waals surface area contributed by atoms with E-state index in [9.17, 15) is 0 Å². The topological polar surface area (TPSA) is 35.6 Å². The molecule has 0 radical (unpaired) electrons. The molecular weight excluding hydrogens is 1140 g/mol. The molecule has 20 rings (SSSR count). The highest BCUT2D eigenvalue weighted by molar-refractivity contribution is 6.29. The molecule has 1 aliphatic carbocycles. The van der Waals surface area contributed by atoms with Crippen LogP contribution in [0.5, 0.6) is 0 Å². The van der Waals surface area contributed by atoms with E-state index in [4.69, 9.17) is 9.97 Å². The minimum Gasteiger partial charge on any atom is -0.296 e. The van der Waals surface area contributed by atoms with Crippen LogP contribution in [-0.4, -0.2) is 19.1 Å². The SMILES string of the molecule is CCc1nc2ccccc2n1-c1ccc(-c2c3ccccc3c(-c3cc4ccc5cccc6ccc(c3)c4c56)c3ccc(-c4ccc5c(-c6ccc7c8c(cccc68)-c6ccccc6-7)c6ccccc6c(-c6ccc(-n7c(CC)nc8ccccc87)cc6)c5c4)cc23)cc1. The lowest BCUT2D eigenvalue weighted by molar-refractivity contribution is 0.908. The highest BCUT2D eigenvalue weighted by Crippen LogP contribution is 2.54. The summed E-state index contributed by atoms with van der Waals surface area (Å²) in [6, 6.07) is 110. The lowest BCUT2D eigenvalue weighted by Crippen LogP contribution is -2.00. The van der Waals surface area contributed by atoms with E-state index in [1.54, 1.807) is 0 Å². The fourth-order valence-electron chi connectivity index (χ4n) is 16.6. The first kappa shape index (κ1) is 52.8. The van der Waals surface area contributed by atoms with Crippen molar-refractivity contribution in [1.29, 1.82) is 0 Å². The first-order chi connectivity index (χ1) is 46.5. The minimum absolute atomic E-state index is 0.823. The molecule has 0 saturated carbocycles. The fraction of sp³-hybridized carbons (Fsp3) is 0.0444. The maximum Gasteiger partial charge on any atom is 0.114 e. The van der Waals surface area contributed by atoms with E-state index in [0.29, 0.717) is 0 Å². The zero-order valence-electron chi connectivity index (χ0n) is 51.9. The quantitative estimate of drug-likeness (QED) is 0.107. The van der Waals surface area contributed by atoms with Gasteiger partial charge in [0.2, 0.25) is 0 Å². The Balaban J connectivity index is 0.841. The molecule has 0 bridgehead atoms. The Morgan fingerprint density at radius 1 is 0.245 bits per heavy atom. The molecule has 4 heteroatoms. The van der Waals surface area contributed by atoms with Gasteiger partial charge in [-0.1, -0.05) is 232 Å². The molecule has 0 amide bonds. The van der Waals surface area contributed by atoms with Gasteiger partial charge in [0.25, 0.3) is 0 Å². The molecule has 0 atom stereocenters. The second-order valence-corrected chi connectivity index (χ2v) is 25.6. The third-order valence-corrected chi connectivity index (χ3v) is 20.7. The molecular formula is C90H58N4. The van der Waals surface area contributed by atoms with Crippen LogP contribution in [0.3, 0.4) is 0 Å². The van der Waals surface area contributed by atoms with Crippen molar-refractivity contribution in [2.24, 2.45) is 0 Å². The van der Waals surface area contributed by atoms with Gasteiger partial charge < -0.3 is 0 Å². The van der Waals surface area contributed by atoms with Gasteiger partial charge in [-0.2, -0.15) is 0 Å². The largest absolute Gasteiger partial charge is 0.296 e. The highest BCUT2D eigenvalue weighted by atomic mass is 15.1. The van der Waals surface area contributed by atoms with Crippen LogP contribution in [0.25, 0.3) is 198 Å². The molecule has 4 nitrogen and oxygen atoms in total. The molecule has 0 spiro atoms. The summed E-state index contributed by atoms with van der Waals surface area (Å²) in [5.74, 6) is 2.10. The predicted molar refractivity (Wildman–Crippen MR) is 397 cm³/mol. The number of rotatable bonds is 9. The zero-order chi connectivity index (χ0) is 61.9. The van der Waals surface area contributed by atoms with E-state index in [-0.39, 0.29) is 0 Å². The van der Waals surface area contributed by atoms with Gasteiger partial charge in [-0.3, -0.25) is 9.13 Å². The molecule has 94 heavy (non-hydrogen) atoms. The molecule has 0 N–H and O–H groups in total. The number of hydrogen-bond acceptors (Lipinski definition) is 2. The zero-order valence-corrected chi connectivity index (χ0v) is 51.9. The lowest BCUT2D eigenvalue weighted by atomic mass is 9.82. The fourth-order valence-corrected chi connectivity index (χ4v) is 16.6. The van der Waals surface area contributed by atoms with Gasteiger partial charge in [0, 0.05) is 24.2 Å². The second kappa shape index (κ2) is 20.3. The third kappa shape index (κ3) is 7.62. The molecule has 0 aliphatic heterocycles. The van der Waals surface area contributed by atoms with Crippen LogP contribution in [0.15, 0.2) is 291 Å². The number of hydrogen-bond donors (Lipinski definition) is 0. The van der Waals surface area contributed by atoms with Crippen molar-refractivity contribution in [3.05, 3.63) is 303 Å². The van der Waals surface area contributed by atoms with Crippen LogP contribution in [0.1, 0.15) is 25.5 Å². The van der Waals surface area contributed by atoms with Crippen LogP contribution < -0.4 is 0 Å². The van der Waals surface area contributed by atoms with E-state index in [1.807, 2.05) is 0 Å². The van der Waals surface area contributed by atoms with Gasteiger partial charge in [-0.15, -0.1) is 0 Å². The van der Waals surface area contributed by atoms with E-state index in [1.165, 1.54) is 142 Å². The number of nitrogens with zero attached hydrogens (tertiary/aromatic N) is 4. The molecule has 2 heterocycles. The van der Waals surface area contributed by atoms with Crippen molar-refractivity contribution in [3.63, 3.8) is 0 Å². The summed E-state index contributed by atoms with van der Waals surface area (Å²) in [5, 5.41) is 20.0. The highest BCUT2D eigenvalue weighted by Gasteiger charge is 2.27. The number of fused-ring (bicyclic) bond motifs is 9. The Morgan fingerprint density at radius 3 is 1.16 bits per heavy atom. The summed E-state index contributed by atoms with van der Waals surface area (Å²) in [4.78, 5) is 10.2. The molecule has 19 aromatic rings. The first-order valence-electron chi connectivity index (χ1n) is 33.0. The smallest absolute Gasteiger partial charge is 0.114 e. The predicted octanol–water partition coefficient (Wildman–Crippen LogP) is 24.1. The van der Waals surface area contributed by atoms with E-state index in [2.05, 4.69) is 314 Å². The molecule has 1 aliphatic rings. The third-order valence-electron chi connectivity index (χ3n) is 20.7. The monoisotopic (exact) mass is 1190 g/mol. The Kier molecular flexibility index (Phi) is 11.4. The molecule has 0 saturated heterocycles. The Hall–Kier alpha value is -12.0. The van der Waals surface area contributed by atoms with Crippen LogP contribution >= 0.6 is 0 Å². The van der Waals surface area contributed by atoms with Crippen molar-refractivity contribution in [2.45, 2.75) is 26.7 Å². The van der Waals surface area contributed by atoms with Crippen molar-refractivity contribution >= 4 is 108 Å². The summed E-state index contributed by atoms with van der Waals surface area (Å²) in [5.41, 5.74) is 23.7. The number of imidazole rings is 2. The summed E-state index contributed by atoms with van der Waals surface area (Å²) in [6.07, 6.45) is 1.65. The number of aromatic nitrogens is 4. The van der Waals surface area contributed by atoms with Crippen LogP contribution in [0, 0.1) is 0 Å². The van der Waals surface area contributed by atoms with Crippen LogP contribution in [0.2, 0.25) is 0 Å². The Morgan fingerprint density at radius 2 is 0.628 bits per heavy atom. The van der Waals surface area contributed by atoms with Gasteiger partial charge in [0.05, 0.1) is 22.1 Å². The molecule has 2 aromatic heterocycles. The van der Waals surface area contributed by atoms with E-state index >= 15 is 0 Å². The maximum atomic E-state index is 5.09. The normalized spacial score (nSPS) is 12.2. The Labute approximate surface area is 542 Å². The number of aryl methyl sites for hydroxylation is 2. The van der Waals surface area contributed by atoms with Crippen molar-refractivity contribution in [3.8, 4) is 89.3 Å². The van der Waals surface area contributed by atoms with Crippen LogP contribution in [-0.2, 0) is 12.8 Å². The molecule has 0 unspecified atom stereocenters. The van der Waals surface area contributed by atoms with Crippen molar-refractivity contribution < 1.29 is 0 Å². The second-order valence-electron chi connectivity index (χ2n) is 25.6. The van der Waals surface area contributed by atoms with Gasteiger partial charge >= 0.3 is 0 Å². The van der Waals surface area contributed by atoms with Crippen molar-refractivity contribution in [1.82, 2.24) is 19.1 Å². The maximum absolute atomic E-state index is 5.09. The van der Waals surface area contributed by atoms with Crippen LogP contribution in [0.4, 0.5) is 0 Å². The van der Waals surface area contributed by atoms with Gasteiger partial charge in [0.1, 0.15) is 11.6 Å². The van der Waals surface area contributed by atoms with Gasteiger partial charge in [-0.25, -0.2) is 9.97 Å².